The average molecular weight is 473 g/mol. The number of carbonyl (C=O) groups excluding carboxylic acids is 6. The molecule has 1 aliphatic rings. The Morgan fingerprint density at radius 3 is 1.67 bits per heavy atom. The molecular weight excluding hydrogens is 436 g/mol. The number of aliphatic carboxylic acids is 1. The molecule has 0 atom stereocenters. The van der Waals surface area contributed by atoms with Crippen molar-refractivity contribution in [3.05, 3.63) is 12.7 Å². The van der Waals surface area contributed by atoms with Crippen LogP contribution in [-0.2, 0) is 38.3 Å². The van der Waals surface area contributed by atoms with Gasteiger partial charge in [-0.05, 0) is 33.9 Å². The highest BCUT2D eigenvalue weighted by Crippen LogP contribution is 2.04. The number of ether oxygens (including phenoxy) is 1. The predicted molar refractivity (Wildman–Crippen MR) is 120 cm³/mol. The minimum absolute atomic E-state index is 0.0102. The average Bonchev–Trinajstić information content (AvgIpc) is 3.12. The van der Waals surface area contributed by atoms with E-state index < -0.39 is 17.9 Å². The predicted octanol–water partition coefficient (Wildman–Crippen LogP) is 1.09. The molecule has 0 unspecified atom stereocenters. The molecule has 1 amide bonds. The third-order valence-electron chi connectivity index (χ3n) is 3.55. The Bertz CT molecular complexity index is 673. The summed E-state index contributed by atoms with van der Waals surface area (Å²) in [6.45, 7) is 8.88. The van der Waals surface area contributed by atoms with Crippen LogP contribution < -0.4 is 5.32 Å². The Kier molecular flexibility index (Phi) is 22.9. The van der Waals surface area contributed by atoms with E-state index in [4.69, 9.17) is 5.11 Å². The van der Waals surface area contributed by atoms with Crippen molar-refractivity contribution in [1.29, 1.82) is 0 Å². The fraction of sp³-hybridized carbons (Fsp3) is 0.591. The Morgan fingerprint density at radius 1 is 0.970 bits per heavy atom. The monoisotopic (exact) mass is 472 g/mol. The van der Waals surface area contributed by atoms with Gasteiger partial charge in [0.05, 0.1) is 19.3 Å². The molecule has 1 saturated heterocycles. The van der Waals surface area contributed by atoms with Crippen LogP contribution in [0.2, 0.25) is 0 Å². The number of allylic oxidation sites excluding steroid dienone is 1. The summed E-state index contributed by atoms with van der Waals surface area (Å²) in [6, 6.07) is 0. The van der Waals surface area contributed by atoms with Gasteiger partial charge in [0.2, 0.25) is 5.91 Å². The van der Waals surface area contributed by atoms with Crippen LogP contribution in [0.3, 0.4) is 0 Å². The van der Waals surface area contributed by atoms with Crippen molar-refractivity contribution >= 4 is 41.2 Å². The molecule has 0 aliphatic carbocycles. The maximum absolute atomic E-state index is 11.2. The highest BCUT2D eigenvalue weighted by atomic mass is 16.6. The van der Waals surface area contributed by atoms with Crippen LogP contribution in [0.1, 0.15) is 59.3 Å². The van der Waals surface area contributed by atoms with Crippen LogP contribution in [0.15, 0.2) is 12.7 Å². The van der Waals surface area contributed by atoms with Crippen molar-refractivity contribution in [3.8, 4) is 0 Å². The van der Waals surface area contributed by atoms with Gasteiger partial charge in [-0.3, -0.25) is 33.6 Å². The number of Topliss-reactive ketones (excluding diaryl/α,β-unsaturated/α-hetero) is 2. The Labute approximate surface area is 194 Å². The lowest BCUT2D eigenvalue weighted by Gasteiger charge is -2.15. The number of amides is 1. The zero-order valence-corrected chi connectivity index (χ0v) is 20.1. The summed E-state index contributed by atoms with van der Waals surface area (Å²) in [7, 11) is 3.40. The summed E-state index contributed by atoms with van der Waals surface area (Å²) >= 11 is 0. The molecule has 0 aromatic heterocycles. The van der Waals surface area contributed by atoms with Gasteiger partial charge in [0, 0.05) is 39.4 Å². The first-order valence-electron chi connectivity index (χ1n) is 10.2. The van der Waals surface area contributed by atoms with Crippen LogP contribution in [0, 0.1) is 0 Å². The molecule has 0 radical (unpaired) electrons. The summed E-state index contributed by atoms with van der Waals surface area (Å²) in [5, 5.41) is 11.2. The van der Waals surface area contributed by atoms with Crippen LogP contribution in [0.25, 0.3) is 0 Å². The van der Waals surface area contributed by atoms with E-state index in [9.17, 15) is 33.6 Å². The van der Waals surface area contributed by atoms with Crippen molar-refractivity contribution in [1.82, 2.24) is 10.2 Å². The second-order valence-electron chi connectivity index (χ2n) is 6.88. The van der Waals surface area contributed by atoms with Gasteiger partial charge in [0.25, 0.3) is 0 Å². The fourth-order valence-electron chi connectivity index (χ4n) is 1.59. The number of ketones is 3. The highest BCUT2D eigenvalue weighted by molar-refractivity contribution is 5.92. The number of rotatable bonds is 10. The van der Waals surface area contributed by atoms with Gasteiger partial charge in [-0.25, -0.2) is 0 Å². The van der Waals surface area contributed by atoms with Crippen molar-refractivity contribution in [2.45, 2.75) is 59.3 Å². The topological polar surface area (TPSA) is 164 Å². The Balaban J connectivity index is -0.000000398. The second-order valence-corrected chi connectivity index (χ2v) is 6.88. The second kappa shape index (κ2) is 22.0. The van der Waals surface area contributed by atoms with E-state index in [1.54, 1.807) is 14.0 Å². The summed E-state index contributed by atoms with van der Waals surface area (Å²) in [5.41, 5.74) is 0. The first-order chi connectivity index (χ1) is 15.3. The number of cyclic esters (lactones) is 2. The van der Waals surface area contributed by atoms with E-state index in [0.717, 1.165) is 6.54 Å². The zero-order valence-electron chi connectivity index (χ0n) is 20.1. The highest BCUT2D eigenvalue weighted by Gasteiger charge is 2.19. The molecule has 0 spiro atoms. The molecule has 0 aromatic rings. The maximum atomic E-state index is 11.2. The lowest BCUT2D eigenvalue weighted by atomic mass is 10.2. The number of carboxylic acids is 1. The fourth-order valence-corrected chi connectivity index (χ4v) is 1.59. The number of carboxylic acid groups (broad SMARTS) is 1. The van der Waals surface area contributed by atoms with Gasteiger partial charge in [-0.15, -0.1) is 0 Å². The van der Waals surface area contributed by atoms with Crippen LogP contribution >= 0.6 is 0 Å². The van der Waals surface area contributed by atoms with Crippen LogP contribution in [0.5, 0.6) is 0 Å². The molecule has 1 heterocycles. The normalized spacial score (nSPS) is 11.2. The van der Waals surface area contributed by atoms with Crippen molar-refractivity contribution in [3.63, 3.8) is 0 Å². The molecule has 1 rings (SSSR count). The SMILES string of the molecule is C=CC(C)=O.CC(=O)CCN(C)C(=O)CCC(=O)O.CNCCC(C)=O.O=C1CCC(=O)O1. The summed E-state index contributed by atoms with van der Waals surface area (Å²) < 4.78 is 4.08. The van der Waals surface area contributed by atoms with Gasteiger partial charge >= 0.3 is 17.9 Å². The van der Waals surface area contributed by atoms with Gasteiger partial charge in [0.15, 0.2) is 5.78 Å². The Morgan fingerprint density at radius 2 is 1.42 bits per heavy atom. The zero-order chi connectivity index (χ0) is 26.4. The summed E-state index contributed by atoms with van der Waals surface area (Å²) in [6.07, 6.45) is 2.59. The molecule has 11 nitrogen and oxygen atoms in total. The van der Waals surface area contributed by atoms with Gasteiger partial charge in [-0.2, -0.15) is 0 Å². The van der Waals surface area contributed by atoms with E-state index in [0.29, 0.717) is 19.4 Å². The first kappa shape index (κ1) is 34.4. The number of hydrogen-bond donors (Lipinski definition) is 2. The van der Waals surface area contributed by atoms with Crippen LogP contribution in [-0.4, -0.2) is 78.4 Å². The van der Waals surface area contributed by atoms with Gasteiger partial charge in [-0.1, -0.05) is 6.58 Å². The molecule has 188 valence electrons. The third-order valence-corrected chi connectivity index (χ3v) is 3.55. The lowest BCUT2D eigenvalue weighted by molar-refractivity contribution is -0.152. The first-order valence-corrected chi connectivity index (χ1v) is 10.2. The lowest BCUT2D eigenvalue weighted by Crippen LogP contribution is -2.28. The Hall–Kier alpha value is -3.21. The number of esters is 2. The van der Waals surface area contributed by atoms with Crippen molar-refractivity contribution < 1.29 is 43.4 Å². The van der Waals surface area contributed by atoms with E-state index in [1.165, 1.54) is 24.8 Å². The number of nitrogens with one attached hydrogen (secondary N) is 1. The molecular formula is C22H36N2O9. The molecule has 0 saturated carbocycles. The number of hydrogen-bond acceptors (Lipinski definition) is 9. The van der Waals surface area contributed by atoms with Gasteiger partial charge in [0.1, 0.15) is 11.6 Å². The molecule has 0 aromatic carbocycles. The van der Waals surface area contributed by atoms with E-state index in [2.05, 4.69) is 16.6 Å². The minimum atomic E-state index is -0.988. The molecule has 2 N–H and O–H groups in total. The third kappa shape index (κ3) is 31.1. The van der Waals surface area contributed by atoms with Gasteiger partial charge < -0.3 is 20.1 Å². The summed E-state index contributed by atoms with van der Waals surface area (Å²) in [4.78, 5) is 73.2. The molecule has 11 heteroatoms. The van der Waals surface area contributed by atoms with Crippen LogP contribution in [0.4, 0.5) is 0 Å². The number of carbonyl (C=O) groups is 7. The number of nitrogens with zero attached hydrogens (tertiary/aromatic N) is 1. The van der Waals surface area contributed by atoms with E-state index in [1.807, 2.05) is 7.05 Å². The molecule has 1 fully saturated rings. The standard InChI is InChI=1S/C9H15NO4.C5H11NO.C4H4O3.C4H6O/c1-7(11)5-6-10(2)8(12)3-4-9(13)14;1-5(7)3-4-6-2;5-3-1-2-4(6)7-3;1-3-4(2)5/h3-6H2,1-2H3,(H,13,14);6H,3-4H2,1-2H3;1-2H2;3H,1H2,2H3. The summed E-state index contributed by atoms with van der Waals surface area (Å²) in [5.74, 6) is -1.75. The smallest absolute Gasteiger partial charge is 0.314 e. The van der Waals surface area contributed by atoms with E-state index >= 15 is 0 Å². The minimum Gasteiger partial charge on any atom is -0.481 e. The quantitative estimate of drug-likeness (QED) is 0.267. The molecule has 0 bridgehead atoms. The largest absolute Gasteiger partial charge is 0.481 e. The van der Waals surface area contributed by atoms with E-state index in [-0.39, 0.29) is 48.9 Å². The maximum Gasteiger partial charge on any atom is 0.314 e. The molecule has 33 heavy (non-hydrogen) atoms. The van der Waals surface area contributed by atoms with Crippen molar-refractivity contribution in [2.24, 2.45) is 0 Å². The van der Waals surface area contributed by atoms with Crippen molar-refractivity contribution in [2.75, 3.05) is 27.2 Å². The molecule has 1 aliphatic heterocycles.